The zero-order chi connectivity index (χ0) is 23.9. The topological polar surface area (TPSA) is 64.7 Å². The van der Waals surface area contributed by atoms with Crippen LogP contribution in [-0.2, 0) is 9.59 Å². The Morgan fingerprint density at radius 1 is 0.853 bits per heavy atom. The van der Waals surface area contributed by atoms with Crippen LogP contribution in [0.4, 0.5) is 5.69 Å². The van der Waals surface area contributed by atoms with Gasteiger partial charge >= 0.3 is 0 Å². The number of nitrogens with zero attached hydrogens (tertiary/aromatic N) is 2. The fraction of sp³-hybridized carbons (Fsp3) is 0.333. The molecule has 0 unspecified atom stereocenters. The maximum absolute atomic E-state index is 12.9. The SMILES string of the molecule is Cc1cccc(NC(=O)CN2CCN(CC(=O)N[C@H](c3ccccc3)c3cccs3)CC2)c1C. The van der Waals surface area contributed by atoms with Gasteiger partial charge in [-0.05, 0) is 48.1 Å². The molecule has 1 aliphatic heterocycles. The molecule has 7 heteroatoms. The van der Waals surface area contributed by atoms with Crippen LogP contribution in [0.25, 0.3) is 0 Å². The minimum absolute atomic E-state index is 0.00143. The van der Waals surface area contributed by atoms with E-state index >= 15 is 0 Å². The van der Waals surface area contributed by atoms with Gasteiger partial charge in [-0.3, -0.25) is 19.4 Å². The molecule has 34 heavy (non-hydrogen) atoms. The summed E-state index contributed by atoms with van der Waals surface area (Å²) in [6, 6.07) is 20.0. The van der Waals surface area contributed by atoms with Crippen LogP contribution in [0.1, 0.15) is 27.6 Å². The lowest BCUT2D eigenvalue weighted by Gasteiger charge is -2.34. The minimum atomic E-state index is -0.135. The van der Waals surface area contributed by atoms with E-state index in [1.165, 1.54) is 5.56 Å². The fourth-order valence-corrected chi connectivity index (χ4v) is 5.02. The molecule has 0 bridgehead atoms. The predicted octanol–water partition coefficient (Wildman–Crippen LogP) is 3.83. The highest BCUT2D eigenvalue weighted by molar-refractivity contribution is 7.10. The Hall–Kier alpha value is -3.00. The van der Waals surface area contributed by atoms with Crippen LogP contribution < -0.4 is 10.6 Å². The largest absolute Gasteiger partial charge is 0.343 e. The van der Waals surface area contributed by atoms with E-state index in [4.69, 9.17) is 0 Å². The number of aryl methyl sites for hydroxylation is 1. The first-order chi connectivity index (χ1) is 16.5. The second-order valence-electron chi connectivity index (χ2n) is 8.77. The third-order valence-electron chi connectivity index (χ3n) is 6.34. The number of carbonyl (C=O) groups is 2. The van der Waals surface area contributed by atoms with Crippen molar-refractivity contribution in [2.45, 2.75) is 19.9 Å². The highest BCUT2D eigenvalue weighted by atomic mass is 32.1. The number of amides is 2. The van der Waals surface area contributed by atoms with Gasteiger partial charge in [-0.1, -0.05) is 48.5 Å². The van der Waals surface area contributed by atoms with E-state index in [1.54, 1.807) is 11.3 Å². The molecule has 1 saturated heterocycles. The van der Waals surface area contributed by atoms with E-state index in [2.05, 4.69) is 26.5 Å². The van der Waals surface area contributed by atoms with Gasteiger partial charge in [0.25, 0.3) is 0 Å². The average Bonchev–Trinajstić information content (AvgIpc) is 3.37. The van der Waals surface area contributed by atoms with Gasteiger partial charge in [-0.2, -0.15) is 0 Å². The van der Waals surface area contributed by atoms with Crippen LogP contribution in [-0.4, -0.2) is 60.9 Å². The van der Waals surface area contributed by atoms with Crippen LogP contribution in [0.15, 0.2) is 66.0 Å². The van der Waals surface area contributed by atoms with Crippen molar-refractivity contribution in [2.24, 2.45) is 0 Å². The molecule has 0 aliphatic carbocycles. The zero-order valence-corrected chi connectivity index (χ0v) is 20.6. The number of nitrogens with one attached hydrogen (secondary N) is 2. The molecule has 0 spiro atoms. The van der Waals surface area contributed by atoms with E-state index in [1.807, 2.05) is 73.8 Å². The van der Waals surface area contributed by atoms with Gasteiger partial charge in [0.05, 0.1) is 19.1 Å². The molecular formula is C27H32N4O2S. The number of thiophene rings is 1. The summed E-state index contributed by atoms with van der Waals surface area (Å²) in [4.78, 5) is 30.9. The van der Waals surface area contributed by atoms with Gasteiger partial charge in [0.1, 0.15) is 0 Å². The summed E-state index contributed by atoms with van der Waals surface area (Å²) in [6.07, 6.45) is 0. The predicted molar refractivity (Wildman–Crippen MR) is 138 cm³/mol. The number of rotatable bonds is 8. The van der Waals surface area contributed by atoms with E-state index in [-0.39, 0.29) is 17.9 Å². The molecule has 178 valence electrons. The average molecular weight is 477 g/mol. The Kier molecular flexibility index (Phi) is 8.11. The van der Waals surface area contributed by atoms with Gasteiger partial charge in [0.15, 0.2) is 0 Å². The first-order valence-corrected chi connectivity index (χ1v) is 12.6. The van der Waals surface area contributed by atoms with Gasteiger partial charge < -0.3 is 10.6 Å². The molecule has 1 aromatic heterocycles. The van der Waals surface area contributed by atoms with Crippen molar-refractivity contribution in [2.75, 3.05) is 44.6 Å². The highest BCUT2D eigenvalue weighted by Gasteiger charge is 2.23. The van der Waals surface area contributed by atoms with E-state index in [0.29, 0.717) is 13.1 Å². The van der Waals surface area contributed by atoms with Crippen molar-refractivity contribution in [3.05, 3.63) is 87.6 Å². The Balaban J connectivity index is 1.25. The molecule has 0 radical (unpaired) electrons. The van der Waals surface area contributed by atoms with Gasteiger partial charge in [0, 0.05) is 36.7 Å². The third-order valence-corrected chi connectivity index (χ3v) is 7.28. The number of anilines is 1. The lowest BCUT2D eigenvalue weighted by Crippen LogP contribution is -2.51. The first kappa shape index (κ1) is 24.1. The second kappa shape index (κ2) is 11.4. The summed E-state index contributed by atoms with van der Waals surface area (Å²) in [5.41, 5.74) is 4.22. The Morgan fingerprint density at radius 3 is 2.18 bits per heavy atom. The van der Waals surface area contributed by atoms with Crippen molar-refractivity contribution in [3.8, 4) is 0 Å². The van der Waals surface area contributed by atoms with E-state index < -0.39 is 0 Å². The summed E-state index contributed by atoms with van der Waals surface area (Å²) < 4.78 is 0. The van der Waals surface area contributed by atoms with E-state index in [9.17, 15) is 9.59 Å². The molecule has 2 N–H and O–H groups in total. The number of hydrogen-bond acceptors (Lipinski definition) is 5. The van der Waals surface area contributed by atoms with Crippen LogP contribution in [0.3, 0.4) is 0 Å². The zero-order valence-electron chi connectivity index (χ0n) is 19.8. The van der Waals surface area contributed by atoms with Crippen molar-refractivity contribution in [1.29, 1.82) is 0 Å². The Labute approximate surface area is 205 Å². The molecule has 6 nitrogen and oxygen atoms in total. The number of hydrogen-bond donors (Lipinski definition) is 2. The molecule has 1 atom stereocenters. The van der Waals surface area contributed by atoms with Gasteiger partial charge in [0.2, 0.25) is 11.8 Å². The van der Waals surface area contributed by atoms with Gasteiger partial charge in [-0.25, -0.2) is 0 Å². The standard InChI is InChI=1S/C27H32N4O2S/c1-20-8-6-11-23(21(20)2)28-25(32)18-30-13-15-31(16-14-30)19-26(33)29-27(24-12-7-17-34-24)22-9-4-3-5-10-22/h3-12,17,27H,13-16,18-19H2,1-2H3,(H,28,32)(H,29,33)/t27-/m1/s1. The van der Waals surface area contributed by atoms with Gasteiger partial charge in [-0.15, -0.1) is 11.3 Å². The number of carbonyl (C=O) groups excluding carboxylic acids is 2. The molecule has 2 amide bonds. The maximum Gasteiger partial charge on any atom is 0.238 e. The summed E-state index contributed by atoms with van der Waals surface area (Å²) in [6.45, 7) is 7.84. The van der Waals surface area contributed by atoms with E-state index in [0.717, 1.165) is 47.9 Å². The molecule has 0 saturated carbocycles. The molecular weight excluding hydrogens is 444 g/mol. The molecule has 4 rings (SSSR count). The summed E-state index contributed by atoms with van der Waals surface area (Å²) in [5, 5.41) is 8.29. The summed E-state index contributed by atoms with van der Waals surface area (Å²) in [5.74, 6) is 0.0184. The van der Waals surface area contributed by atoms with Crippen LogP contribution in [0.5, 0.6) is 0 Å². The molecule has 2 aromatic carbocycles. The van der Waals surface area contributed by atoms with Crippen molar-refractivity contribution < 1.29 is 9.59 Å². The normalized spacial score (nSPS) is 15.6. The number of benzene rings is 2. The summed E-state index contributed by atoms with van der Waals surface area (Å²) >= 11 is 1.65. The van der Waals surface area contributed by atoms with Crippen molar-refractivity contribution in [3.63, 3.8) is 0 Å². The molecule has 1 fully saturated rings. The lowest BCUT2D eigenvalue weighted by atomic mass is 10.1. The molecule has 2 heterocycles. The fourth-order valence-electron chi connectivity index (χ4n) is 4.21. The Bertz CT molecular complexity index is 1090. The molecule has 1 aliphatic rings. The van der Waals surface area contributed by atoms with Crippen LogP contribution in [0, 0.1) is 13.8 Å². The quantitative estimate of drug-likeness (QED) is 0.519. The number of piperazine rings is 1. The first-order valence-electron chi connectivity index (χ1n) is 11.7. The summed E-state index contributed by atoms with van der Waals surface area (Å²) in [7, 11) is 0. The van der Waals surface area contributed by atoms with Crippen LogP contribution >= 0.6 is 11.3 Å². The second-order valence-corrected chi connectivity index (χ2v) is 9.75. The highest BCUT2D eigenvalue weighted by Crippen LogP contribution is 2.26. The molecule has 3 aromatic rings. The Morgan fingerprint density at radius 2 is 1.53 bits per heavy atom. The van der Waals surface area contributed by atoms with Crippen molar-refractivity contribution >= 4 is 28.8 Å². The lowest BCUT2D eigenvalue weighted by molar-refractivity contribution is -0.124. The third kappa shape index (κ3) is 6.32. The van der Waals surface area contributed by atoms with Crippen LogP contribution in [0.2, 0.25) is 0 Å². The maximum atomic E-state index is 12.9. The van der Waals surface area contributed by atoms with Crippen molar-refractivity contribution in [1.82, 2.24) is 15.1 Å². The monoisotopic (exact) mass is 476 g/mol. The minimum Gasteiger partial charge on any atom is -0.343 e. The smallest absolute Gasteiger partial charge is 0.238 e.